The van der Waals surface area contributed by atoms with Gasteiger partial charge in [-0.05, 0) is 12.8 Å². The quantitative estimate of drug-likeness (QED) is 0.774. The van der Waals surface area contributed by atoms with E-state index < -0.39 is 0 Å². The summed E-state index contributed by atoms with van der Waals surface area (Å²) in [5.41, 5.74) is 5.59. The summed E-state index contributed by atoms with van der Waals surface area (Å²) < 4.78 is 10.6. The third-order valence-electron chi connectivity index (χ3n) is 1.59. The monoisotopic (exact) mass is 211 g/mol. The van der Waals surface area contributed by atoms with Gasteiger partial charge >= 0.3 is 6.01 Å². The largest absolute Gasteiger partial charge is 0.477 e. The first-order valence-electron chi connectivity index (χ1n) is 5.16. The Hall–Kier alpha value is -1.52. The molecule has 1 heterocycles. The second-order valence-corrected chi connectivity index (χ2v) is 3.11. The van der Waals surface area contributed by atoms with E-state index in [4.69, 9.17) is 15.2 Å². The van der Waals surface area contributed by atoms with Gasteiger partial charge in [-0.15, -0.1) is 0 Å². The van der Waals surface area contributed by atoms with E-state index in [2.05, 4.69) is 9.97 Å². The van der Waals surface area contributed by atoms with Crippen LogP contribution in [-0.2, 0) is 0 Å². The molecule has 15 heavy (non-hydrogen) atoms. The topological polar surface area (TPSA) is 70.3 Å². The maximum atomic E-state index is 5.59. The molecule has 1 rings (SSSR count). The lowest BCUT2D eigenvalue weighted by Gasteiger charge is -2.07. The van der Waals surface area contributed by atoms with Crippen LogP contribution in [0.15, 0.2) is 6.07 Å². The number of anilines is 1. The molecule has 5 heteroatoms. The van der Waals surface area contributed by atoms with Crippen LogP contribution in [0.4, 0.5) is 5.82 Å². The van der Waals surface area contributed by atoms with Gasteiger partial charge in [0.25, 0.3) is 0 Å². The maximum Gasteiger partial charge on any atom is 0.321 e. The minimum Gasteiger partial charge on any atom is -0.477 e. The molecule has 0 bridgehead atoms. The number of nitrogens with zero attached hydrogens (tertiary/aromatic N) is 2. The molecule has 84 valence electrons. The van der Waals surface area contributed by atoms with Gasteiger partial charge in [-0.25, -0.2) is 0 Å². The molecule has 2 N–H and O–H groups in total. The Bertz CT molecular complexity index is 278. The van der Waals surface area contributed by atoms with Crippen LogP contribution in [0.25, 0.3) is 0 Å². The second kappa shape index (κ2) is 6.06. The van der Waals surface area contributed by atoms with E-state index >= 15 is 0 Å². The molecule has 0 amide bonds. The highest BCUT2D eigenvalue weighted by molar-refractivity contribution is 5.34. The molecule has 0 saturated heterocycles. The average molecular weight is 211 g/mol. The lowest BCUT2D eigenvalue weighted by molar-refractivity contribution is 0.271. The van der Waals surface area contributed by atoms with Gasteiger partial charge in [-0.2, -0.15) is 9.97 Å². The van der Waals surface area contributed by atoms with E-state index in [0.29, 0.717) is 24.9 Å². The Labute approximate surface area is 89.6 Å². The summed E-state index contributed by atoms with van der Waals surface area (Å²) in [6.45, 7) is 5.24. The predicted molar refractivity (Wildman–Crippen MR) is 58.0 cm³/mol. The minimum absolute atomic E-state index is 0.281. The summed E-state index contributed by atoms with van der Waals surface area (Å²) in [5, 5.41) is 0. The molecule has 0 radical (unpaired) electrons. The van der Waals surface area contributed by atoms with Gasteiger partial charge in [0.05, 0.1) is 13.2 Å². The van der Waals surface area contributed by atoms with Gasteiger partial charge in [0.1, 0.15) is 5.82 Å². The SMILES string of the molecule is CCCOc1cc(N)nc(OCCC)n1. The second-order valence-electron chi connectivity index (χ2n) is 3.11. The van der Waals surface area contributed by atoms with Gasteiger partial charge in [0, 0.05) is 6.07 Å². The lowest BCUT2D eigenvalue weighted by atomic mass is 10.5. The van der Waals surface area contributed by atoms with Crippen molar-refractivity contribution in [2.24, 2.45) is 0 Å². The summed E-state index contributed by atoms with van der Waals surface area (Å²) in [4.78, 5) is 8.02. The fraction of sp³-hybridized carbons (Fsp3) is 0.600. The molecule has 0 spiro atoms. The Morgan fingerprint density at radius 1 is 1.13 bits per heavy atom. The van der Waals surface area contributed by atoms with Crippen LogP contribution in [0, 0.1) is 0 Å². The molecule has 0 saturated carbocycles. The first kappa shape index (κ1) is 11.6. The highest BCUT2D eigenvalue weighted by Gasteiger charge is 2.03. The highest BCUT2D eigenvalue weighted by Crippen LogP contribution is 2.15. The van der Waals surface area contributed by atoms with Crippen LogP contribution in [0.2, 0.25) is 0 Å². The van der Waals surface area contributed by atoms with E-state index in [1.54, 1.807) is 6.07 Å². The van der Waals surface area contributed by atoms with E-state index in [-0.39, 0.29) is 6.01 Å². The van der Waals surface area contributed by atoms with Crippen LogP contribution in [0.1, 0.15) is 26.7 Å². The highest BCUT2D eigenvalue weighted by atomic mass is 16.5. The number of hydrogen-bond acceptors (Lipinski definition) is 5. The van der Waals surface area contributed by atoms with Crippen molar-refractivity contribution >= 4 is 5.82 Å². The summed E-state index contributed by atoms with van der Waals surface area (Å²) in [5.74, 6) is 0.831. The van der Waals surface area contributed by atoms with E-state index in [1.807, 2.05) is 13.8 Å². The van der Waals surface area contributed by atoms with Gasteiger partial charge in [0.15, 0.2) is 0 Å². The van der Waals surface area contributed by atoms with Crippen LogP contribution in [0.5, 0.6) is 11.9 Å². The molecule has 5 nitrogen and oxygen atoms in total. The molecule has 0 aliphatic heterocycles. The summed E-state index contributed by atoms with van der Waals surface area (Å²) >= 11 is 0. The Kier molecular flexibility index (Phi) is 4.66. The van der Waals surface area contributed by atoms with Crippen LogP contribution >= 0.6 is 0 Å². The molecule has 0 aliphatic carbocycles. The molecule has 0 fully saturated rings. The molecule has 0 atom stereocenters. The van der Waals surface area contributed by atoms with E-state index in [0.717, 1.165) is 12.8 Å². The average Bonchev–Trinajstić information content (AvgIpc) is 2.23. The number of aromatic nitrogens is 2. The van der Waals surface area contributed by atoms with Crippen molar-refractivity contribution < 1.29 is 9.47 Å². The Morgan fingerprint density at radius 2 is 1.80 bits per heavy atom. The van der Waals surface area contributed by atoms with Crippen molar-refractivity contribution in [3.8, 4) is 11.9 Å². The van der Waals surface area contributed by atoms with Crippen LogP contribution in [-0.4, -0.2) is 23.2 Å². The number of nitrogens with two attached hydrogens (primary N) is 1. The number of ether oxygens (including phenoxy) is 2. The van der Waals surface area contributed by atoms with E-state index in [1.165, 1.54) is 0 Å². The molecular formula is C10H17N3O2. The lowest BCUT2D eigenvalue weighted by Crippen LogP contribution is -2.05. The number of nitrogen functional groups attached to an aromatic ring is 1. The summed E-state index contributed by atoms with van der Waals surface area (Å²) in [6, 6.07) is 1.87. The van der Waals surface area contributed by atoms with Crippen molar-refractivity contribution in [1.29, 1.82) is 0 Å². The third-order valence-corrected chi connectivity index (χ3v) is 1.59. The Balaban J connectivity index is 2.66. The maximum absolute atomic E-state index is 5.59. The van der Waals surface area contributed by atoms with Crippen molar-refractivity contribution in [2.45, 2.75) is 26.7 Å². The number of rotatable bonds is 6. The number of hydrogen-bond donors (Lipinski definition) is 1. The van der Waals surface area contributed by atoms with Crippen LogP contribution in [0.3, 0.4) is 0 Å². The first-order valence-corrected chi connectivity index (χ1v) is 5.16. The van der Waals surface area contributed by atoms with Gasteiger partial charge < -0.3 is 15.2 Å². The molecule has 0 aromatic carbocycles. The standard InChI is InChI=1S/C10H17N3O2/c1-3-5-14-9-7-8(11)12-10(13-9)15-6-4-2/h7H,3-6H2,1-2H3,(H2,11,12,13). The molecule has 1 aromatic heterocycles. The predicted octanol–water partition coefficient (Wildman–Crippen LogP) is 1.64. The zero-order valence-electron chi connectivity index (χ0n) is 9.19. The molecule has 1 aromatic rings. The molecule has 0 aliphatic rings. The summed E-state index contributed by atoms with van der Waals surface area (Å²) in [6.07, 6.45) is 1.83. The van der Waals surface area contributed by atoms with Gasteiger partial charge in [-0.1, -0.05) is 13.8 Å². The third kappa shape index (κ3) is 4.01. The van der Waals surface area contributed by atoms with E-state index in [9.17, 15) is 0 Å². The fourth-order valence-electron chi connectivity index (χ4n) is 0.959. The van der Waals surface area contributed by atoms with Crippen molar-refractivity contribution in [3.63, 3.8) is 0 Å². The van der Waals surface area contributed by atoms with Crippen molar-refractivity contribution in [3.05, 3.63) is 6.07 Å². The van der Waals surface area contributed by atoms with Crippen LogP contribution < -0.4 is 15.2 Å². The molecule has 0 unspecified atom stereocenters. The van der Waals surface area contributed by atoms with Gasteiger partial charge in [-0.3, -0.25) is 0 Å². The normalized spacial score (nSPS) is 10.0. The minimum atomic E-state index is 0.281. The van der Waals surface area contributed by atoms with Crippen molar-refractivity contribution in [2.75, 3.05) is 18.9 Å². The van der Waals surface area contributed by atoms with Crippen molar-refractivity contribution in [1.82, 2.24) is 9.97 Å². The van der Waals surface area contributed by atoms with Gasteiger partial charge in [0.2, 0.25) is 5.88 Å². The summed E-state index contributed by atoms with van der Waals surface area (Å²) in [7, 11) is 0. The zero-order chi connectivity index (χ0) is 11.1. The fourth-order valence-corrected chi connectivity index (χ4v) is 0.959. The Morgan fingerprint density at radius 3 is 2.47 bits per heavy atom. The molecular weight excluding hydrogens is 194 g/mol. The first-order chi connectivity index (χ1) is 7.26. The smallest absolute Gasteiger partial charge is 0.321 e. The zero-order valence-corrected chi connectivity index (χ0v) is 9.19.